The number of esters is 1. The summed E-state index contributed by atoms with van der Waals surface area (Å²) in [5.41, 5.74) is 5.43. The largest absolute Gasteiger partial charge is 0.452 e. The first-order valence-corrected chi connectivity index (χ1v) is 6.32. The number of nitrogens with one attached hydrogen (secondary N) is 1. The molecular weight excluding hydrogens is 263 g/mol. The van der Waals surface area contributed by atoms with Crippen molar-refractivity contribution in [2.75, 3.05) is 12.3 Å². The number of nitrogen functional groups attached to an aromatic ring is 1. The number of benzene rings is 1. The lowest BCUT2D eigenvalue weighted by Crippen LogP contribution is -2.38. The highest BCUT2D eigenvalue weighted by Gasteiger charge is 2.16. The highest BCUT2D eigenvalue weighted by atomic mass is 19.1. The number of halogens is 1. The van der Waals surface area contributed by atoms with E-state index in [1.165, 1.54) is 12.1 Å². The first-order chi connectivity index (χ1) is 9.31. The number of amides is 1. The molecule has 0 aromatic heterocycles. The van der Waals surface area contributed by atoms with Crippen molar-refractivity contribution in [3.05, 3.63) is 29.6 Å². The van der Waals surface area contributed by atoms with Gasteiger partial charge < -0.3 is 15.8 Å². The van der Waals surface area contributed by atoms with Crippen molar-refractivity contribution in [1.82, 2.24) is 5.32 Å². The van der Waals surface area contributed by atoms with Crippen molar-refractivity contribution < 1.29 is 18.7 Å². The van der Waals surface area contributed by atoms with Gasteiger partial charge in [0.05, 0.1) is 5.56 Å². The van der Waals surface area contributed by atoms with Crippen LogP contribution in [0.5, 0.6) is 0 Å². The lowest BCUT2D eigenvalue weighted by atomic mass is 10.1. The third-order valence-corrected chi connectivity index (χ3v) is 2.93. The molecule has 0 radical (unpaired) electrons. The molecule has 1 rings (SSSR count). The number of nitrogens with two attached hydrogens (primary N) is 1. The van der Waals surface area contributed by atoms with Crippen LogP contribution in [0.15, 0.2) is 18.2 Å². The number of anilines is 1. The predicted molar refractivity (Wildman–Crippen MR) is 73.5 cm³/mol. The number of hydrogen-bond donors (Lipinski definition) is 2. The average Bonchev–Trinajstić information content (AvgIpc) is 2.38. The second-order valence-electron chi connectivity index (χ2n) is 4.92. The van der Waals surface area contributed by atoms with Gasteiger partial charge in [-0.1, -0.05) is 13.8 Å². The highest BCUT2D eigenvalue weighted by Crippen LogP contribution is 2.13. The van der Waals surface area contributed by atoms with Gasteiger partial charge in [-0.05, 0) is 31.0 Å². The molecular formula is C14H19FN2O3. The molecule has 0 saturated carbocycles. The maximum Gasteiger partial charge on any atom is 0.341 e. The molecule has 0 bridgehead atoms. The van der Waals surface area contributed by atoms with E-state index >= 15 is 0 Å². The molecule has 1 atom stereocenters. The smallest absolute Gasteiger partial charge is 0.341 e. The average molecular weight is 282 g/mol. The number of carbonyl (C=O) groups excluding carboxylic acids is 2. The van der Waals surface area contributed by atoms with Gasteiger partial charge >= 0.3 is 5.97 Å². The van der Waals surface area contributed by atoms with Crippen molar-refractivity contribution >= 4 is 17.6 Å². The van der Waals surface area contributed by atoms with Crippen LogP contribution in [-0.2, 0) is 9.53 Å². The van der Waals surface area contributed by atoms with Crippen LogP contribution in [0.25, 0.3) is 0 Å². The fraction of sp³-hybridized carbons (Fsp3) is 0.429. The Morgan fingerprint density at radius 3 is 2.60 bits per heavy atom. The lowest BCUT2D eigenvalue weighted by molar-refractivity contribution is -0.125. The van der Waals surface area contributed by atoms with Crippen LogP contribution in [0.3, 0.4) is 0 Å². The zero-order chi connectivity index (χ0) is 15.3. The number of hydrogen-bond acceptors (Lipinski definition) is 4. The standard InChI is InChI=1S/C14H19FN2O3/c1-8(2)9(3)17-13(18)7-20-14(19)11-6-10(16)4-5-12(11)15/h4-6,8-9H,7,16H2,1-3H3,(H,17,18). The summed E-state index contributed by atoms with van der Waals surface area (Å²) in [5.74, 6) is -1.81. The van der Waals surface area contributed by atoms with Gasteiger partial charge in [0, 0.05) is 11.7 Å². The molecule has 1 aromatic rings. The molecule has 0 aliphatic carbocycles. The minimum atomic E-state index is -0.915. The van der Waals surface area contributed by atoms with E-state index in [1.54, 1.807) is 0 Å². The van der Waals surface area contributed by atoms with Crippen molar-refractivity contribution in [1.29, 1.82) is 0 Å². The third kappa shape index (κ3) is 4.53. The predicted octanol–water partition coefficient (Wildman–Crippen LogP) is 1.73. The monoisotopic (exact) mass is 282 g/mol. The van der Waals surface area contributed by atoms with Gasteiger partial charge in [0.2, 0.25) is 0 Å². The molecule has 0 heterocycles. The summed E-state index contributed by atoms with van der Waals surface area (Å²) in [7, 11) is 0. The van der Waals surface area contributed by atoms with Crippen LogP contribution in [0, 0.1) is 11.7 Å². The zero-order valence-electron chi connectivity index (χ0n) is 11.8. The van der Waals surface area contributed by atoms with E-state index in [1.807, 2.05) is 20.8 Å². The van der Waals surface area contributed by atoms with Gasteiger partial charge in [0.25, 0.3) is 5.91 Å². The summed E-state index contributed by atoms with van der Waals surface area (Å²) in [5, 5.41) is 2.68. The first-order valence-electron chi connectivity index (χ1n) is 6.32. The summed E-state index contributed by atoms with van der Waals surface area (Å²) < 4.78 is 18.2. The lowest BCUT2D eigenvalue weighted by Gasteiger charge is -2.17. The second kappa shape index (κ2) is 6.88. The minimum Gasteiger partial charge on any atom is -0.452 e. The summed E-state index contributed by atoms with van der Waals surface area (Å²) >= 11 is 0. The van der Waals surface area contributed by atoms with Crippen molar-refractivity contribution in [3.8, 4) is 0 Å². The van der Waals surface area contributed by atoms with E-state index in [0.717, 1.165) is 6.07 Å². The van der Waals surface area contributed by atoms with Crippen LogP contribution in [0.1, 0.15) is 31.1 Å². The normalized spacial score (nSPS) is 12.1. The second-order valence-corrected chi connectivity index (χ2v) is 4.92. The van der Waals surface area contributed by atoms with Crippen LogP contribution >= 0.6 is 0 Å². The maximum atomic E-state index is 13.4. The quantitative estimate of drug-likeness (QED) is 0.636. The molecule has 5 nitrogen and oxygen atoms in total. The van der Waals surface area contributed by atoms with Gasteiger partial charge in [-0.15, -0.1) is 0 Å². The summed E-state index contributed by atoms with van der Waals surface area (Å²) in [6, 6.07) is 3.55. The topological polar surface area (TPSA) is 81.4 Å². The Morgan fingerprint density at radius 2 is 2.00 bits per heavy atom. The van der Waals surface area contributed by atoms with Gasteiger partial charge in [-0.25, -0.2) is 9.18 Å². The number of rotatable bonds is 5. The molecule has 3 N–H and O–H groups in total. The van der Waals surface area contributed by atoms with Crippen molar-refractivity contribution in [2.45, 2.75) is 26.8 Å². The highest BCUT2D eigenvalue weighted by molar-refractivity contribution is 5.92. The molecule has 0 saturated heterocycles. The Labute approximate surface area is 117 Å². The van der Waals surface area contributed by atoms with Crippen molar-refractivity contribution in [3.63, 3.8) is 0 Å². The minimum absolute atomic E-state index is 0.0368. The third-order valence-electron chi connectivity index (χ3n) is 2.93. The molecule has 0 aliphatic rings. The molecule has 20 heavy (non-hydrogen) atoms. The fourth-order valence-corrected chi connectivity index (χ4v) is 1.37. The van der Waals surface area contributed by atoms with Crippen LogP contribution in [0.4, 0.5) is 10.1 Å². The van der Waals surface area contributed by atoms with Gasteiger partial charge in [-0.2, -0.15) is 0 Å². The van der Waals surface area contributed by atoms with Crippen LogP contribution in [-0.4, -0.2) is 24.5 Å². The molecule has 110 valence electrons. The summed E-state index contributed by atoms with van der Waals surface area (Å²) in [4.78, 5) is 23.2. The molecule has 0 spiro atoms. The zero-order valence-corrected chi connectivity index (χ0v) is 11.8. The fourth-order valence-electron chi connectivity index (χ4n) is 1.37. The molecule has 6 heteroatoms. The number of carbonyl (C=O) groups is 2. The van der Waals surface area contributed by atoms with E-state index in [4.69, 9.17) is 10.5 Å². The Morgan fingerprint density at radius 1 is 1.35 bits per heavy atom. The molecule has 1 unspecified atom stereocenters. The summed E-state index contributed by atoms with van der Waals surface area (Å²) in [6.45, 7) is 5.31. The van der Waals surface area contributed by atoms with E-state index in [2.05, 4.69) is 5.32 Å². The molecule has 0 aliphatic heterocycles. The van der Waals surface area contributed by atoms with E-state index in [-0.39, 0.29) is 23.2 Å². The maximum absolute atomic E-state index is 13.4. The van der Waals surface area contributed by atoms with Crippen LogP contribution in [0.2, 0.25) is 0 Å². The van der Waals surface area contributed by atoms with E-state index in [0.29, 0.717) is 0 Å². The molecule has 0 fully saturated rings. The summed E-state index contributed by atoms with van der Waals surface area (Å²) in [6.07, 6.45) is 0. The Balaban J connectivity index is 2.55. The van der Waals surface area contributed by atoms with Crippen LogP contribution < -0.4 is 11.1 Å². The molecule has 1 aromatic carbocycles. The van der Waals surface area contributed by atoms with Gasteiger partial charge in [-0.3, -0.25) is 4.79 Å². The Bertz CT molecular complexity index is 503. The SMILES string of the molecule is CC(C)C(C)NC(=O)COC(=O)c1cc(N)ccc1F. The van der Waals surface area contributed by atoms with Crippen molar-refractivity contribution in [2.24, 2.45) is 5.92 Å². The molecule has 1 amide bonds. The van der Waals surface area contributed by atoms with Gasteiger partial charge in [0.15, 0.2) is 6.61 Å². The first kappa shape index (κ1) is 15.9. The number of ether oxygens (including phenoxy) is 1. The van der Waals surface area contributed by atoms with Gasteiger partial charge in [0.1, 0.15) is 5.82 Å². The Kier molecular flexibility index (Phi) is 5.49. The van der Waals surface area contributed by atoms with E-state index in [9.17, 15) is 14.0 Å². The Hall–Kier alpha value is -2.11. The van der Waals surface area contributed by atoms with E-state index < -0.39 is 24.3 Å².